The van der Waals surface area contributed by atoms with Crippen molar-refractivity contribution >= 4 is 17.3 Å². The van der Waals surface area contributed by atoms with Crippen LogP contribution in [0.1, 0.15) is 18.9 Å². The number of nitrogens with one attached hydrogen (secondary N) is 2. The average molecular weight is 296 g/mol. The van der Waals surface area contributed by atoms with Gasteiger partial charge in [0.25, 0.3) is 0 Å². The quantitative estimate of drug-likeness (QED) is 0.873. The number of alkyl halides is 3. The number of halogens is 3. The molecule has 0 unspecified atom stereocenters. The average Bonchev–Trinajstić information content (AvgIpc) is 2.45. The Morgan fingerprint density at radius 2 is 1.71 bits per heavy atom. The van der Waals surface area contributed by atoms with Crippen LogP contribution in [0.15, 0.2) is 36.7 Å². The number of aromatic nitrogens is 2. The highest BCUT2D eigenvalue weighted by Gasteiger charge is 2.29. The van der Waals surface area contributed by atoms with Crippen molar-refractivity contribution in [2.45, 2.75) is 19.5 Å². The van der Waals surface area contributed by atoms with Gasteiger partial charge in [0.2, 0.25) is 0 Å². The third kappa shape index (κ3) is 4.34. The summed E-state index contributed by atoms with van der Waals surface area (Å²) in [7, 11) is 0. The number of hydrogen-bond acceptors (Lipinski definition) is 4. The first-order valence-electron chi connectivity index (χ1n) is 6.49. The van der Waals surface area contributed by atoms with Crippen molar-refractivity contribution in [1.82, 2.24) is 9.97 Å². The summed E-state index contributed by atoms with van der Waals surface area (Å²) in [5.74, 6) is 1.18. The van der Waals surface area contributed by atoms with Crippen LogP contribution in [0.4, 0.5) is 30.5 Å². The van der Waals surface area contributed by atoms with E-state index in [0.717, 1.165) is 25.1 Å². The van der Waals surface area contributed by atoms with Crippen molar-refractivity contribution in [3.05, 3.63) is 42.2 Å². The Kier molecular flexibility index (Phi) is 4.62. The zero-order chi connectivity index (χ0) is 15.3. The van der Waals surface area contributed by atoms with Gasteiger partial charge in [0, 0.05) is 18.3 Å². The topological polar surface area (TPSA) is 49.8 Å². The van der Waals surface area contributed by atoms with Crippen LogP contribution in [0.3, 0.4) is 0 Å². The van der Waals surface area contributed by atoms with Gasteiger partial charge in [-0.15, -0.1) is 0 Å². The Bertz CT molecular complexity index is 582. The molecule has 0 radical (unpaired) electrons. The van der Waals surface area contributed by atoms with Gasteiger partial charge in [-0.1, -0.05) is 6.92 Å². The summed E-state index contributed by atoms with van der Waals surface area (Å²) in [4.78, 5) is 8.08. The van der Waals surface area contributed by atoms with Crippen LogP contribution in [-0.2, 0) is 6.18 Å². The normalized spacial score (nSPS) is 11.2. The molecule has 2 rings (SSSR count). The summed E-state index contributed by atoms with van der Waals surface area (Å²) in [6.45, 7) is 2.83. The standard InChI is InChI=1S/C14H15F3N4/c1-2-7-18-12-8-13(20-9-19-12)21-11-5-3-10(4-6-11)14(15,16)17/h3-6,8-9H,2,7H2,1H3,(H2,18,19,20,21). The van der Waals surface area contributed by atoms with Crippen molar-refractivity contribution in [1.29, 1.82) is 0 Å². The molecule has 1 aromatic carbocycles. The Labute approximate surface area is 120 Å². The molecule has 0 amide bonds. The lowest BCUT2D eigenvalue weighted by Gasteiger charge is -2.10. The Balaban J connectivity index is 2.07. The van der Waals surface area contributed by atoms with Crippen molar-refractivity contribution in [2.24, 2.45) is 0 Å². The fourth-order valence-corrected chi connectivity index (χ4v) is 1.67. The van der Waals surface area contributed by atoms with Gasteiger partial charge in [0.05, 0.1) is 5.56 Å². The van der Waals surface area contributed by atoms with E-state index in [2.05, 4.69) is 20.6 Å². The SMILES string of the molecule is CCCNc1cc(Nc2ccc(C(F)(F)F)cc2)ncn1. The Morgan fingerprint density at radius 1 is 1.05 bits per heavy atom. The van der Waals surface area contributed by atoms with Crippen molar-refractivity contribution in [3.8, 4) is 0 Å². The first-order valence-corrected chi connectivity index (χ1v) is 6.49. The van der Waals surface area contributed by atoms with Gasteiger partial charge in [0.15, 0.2) is 0 Å². The zero-order valence-electron chi connectivity index (χ0n) is 11.4. The number of nitrogens with zero attached hydrogens (tertiary/aromatic N) is 2. The lowest BCUT2D eigenvalue weighted by molar-refractivity contribution is -0.137. The largest absolute Gasteiger partial charge is 0.416 e. The molecule has 112 valence electrons. The van der Waals surface area contributed by atoms with E-state index in [1.165, 1.54) is 18.5 Å². The molecule has 0 atom stereocenters. The minimum Gasteiger partial charge on any atom is -0.370 e. The van der Waals surface area contributed by atoms with Crippen molar-refractivity contribution in [3.63, 3.8) is 0 Å². The number of hydrogen-bond donors (Lipinski definition) is 2. The highest BCUT2D eigenvalue weighted by molar-refractivity contribution is 5.59. The van der Waals surface area contributed by atoms with Gasteiger partial charge < -0.3 is 10.6 Å². The van der Waals surface area contributed by atoms with Crippen LogP contribution in [0.5, 0.6) is 0 Å². The summed E-state index contributed by atoms with van der Waals surface area (Å²) < 4.78 is 37.4. The summed E-state index contributed by atoms with van der Waals surface area (Å²) in [6.07, 6.45) is -1.97. The number of benzene rings is 1. The van der Waals surface area contributed by atoms with E-state index >= 15 is 0 Å². The van der Waals surface area contributed by atoms with Crippen LogP contribution in [0, 0.1) is 0 Å². The Morgan fingerprint density at radius 3 is 2.33 bits per heavy atom. The fraction of sp³-hybridized carbons (Fsp3) is 0.286. The molecule has 0 fully saturated rings. The zero-order valence-corrected chi connectivity index (χ0v) is 11.4. The molecule has 0 aliphatic heterocycles. The van der Waals surface area contributed by atoms with Crippen molar-refractivity contribution < 1.29 is 13.2 Å². The Hall–Kier alpha value is -2.31. The molecule has 2 aromatic rings. The third-order valence-electron chi connectivity index (χ3n) is 2.71. The van der Waals surface area contributed by atoms with Crippen LogP contribution in [0.25, 0.3) is 0 Å². The predicted molar refractivity (Wildman–Crippen MR) is 75.5 cm³/mol. The first kappa shape index (κ1) is 15.1. The second kappa shape index (κ2) is 6.43. The van der Waals surface area contributed by atoms with E-state index in [1.54, 1.807) is 6.07 Å². The summed E-state index contributed by atoms with van der Waals surface area (Å²) >= 11 is 0. The maximum Gasteiger partial charge on any atom is 0.416 e. The van der Waals surface area contributed by atoms with Gasteiger partial charge in [-0.3, -0.25) is 0 Å². The molecule has 4 nitrogen and oxygen atoms in total. The molecule has 0 saturated carbocycles. The van der Waals surface area contributed by atoms with Crippen LogP contribution >= 0.6 is 0 Å². The van der Waals surface area contributed by atoms with Gasteiger partial charge >= 0.3 is 6.18 Å². The van der Waals surface area contributed by atoms with Gasteiger partial charge in [0.1, 0.15) is 18.0 Å². The summed E-state index contributed by atoms with van der Waals surface area (Å²) in [5, 5.41) is 6.05. The van der Waals surface area contributed by atoms with E-state index in [0.29, 0.717) is 17.3 Å². The minimum absolute atomic E-state index is 0.517. The highest BCUT2D eigenvalue weighted by Crippen LogP contribution is 2.30. The molecule has 0 aliphatic rings. The van der Waals surface area contributed by atoms with Crippen LogP contribution < -0.4 is 10.6 Å². The van der Waals surface area contributed by atoms with Gasteiger partial charge in [-0.05, 0) is 30.7 Å². The number of anilines is 3. The van der Waals surface area contributed by atoms with Gasteiger partial charge in [-0.2, -0.15) is 13.2 Å². The second-order valence-corrected chi connectivity index (χ2v) is 4.42. The summed E-state index contributed by atoms with van der Waals surface area (Å²) in [6, 6.07) is 6.49. The van der Waals surface area contributed by atoms with E-state index in [-0.39, 0.29) is 0 Å². The summed E-state index contributed by atoms with van der Waals surface area (Å²) in [5.41, 5.74) is -0.149. The smallest absolute Gasteiger partial charge is 0.370 e. The lowest BCUT2D eigenvalue weighted by Crippen LogP contribution is -2.05. The van der Waals surface area contributed by atoms with E-state index in [9.17, 15) is 13.2 Å². The van der Waals surface area contributed by atoms with E-state index in [1.807, 2.05) is 6.92 Å². The maximum absolute atomic E-state index is 12.5. The van der Waals surface area contributed by atoms with Crippen molar-refractivity contribution in [2.75, 3.05) is 17.2 Å². The maximum atomic E-state index is 12.5. The van der Waals surface area contributed by atoms with E-state index < -0.39 is 11.7 Å². The lowest BCUT2D eigenvalue weighted by atomic mass is 10.2. The molecule has 1 aromatic heterocycles. The molecular formula is C14H15F3N4. The molecule has 2 N–H and O–H groups in total. The molecule has 0 bridgehead atoms. The minimum atomic E-state index is -4.33. The van der Waals surface area contributed by atoms with E-state index in [4.69, 9.17) is 0 Å². The monoisotopic (exact) mass is 296 g/mol. The fourth-order valence-electron chi connectivity index (χ4n) is 1.67. The van der Waals surface area contributed by atoms with Gasteiger partial charge in [-0.25, -0.2) is 9.97 Å². The molecule has 0 saturated heterocycles. The molecule has 0 aliphatic carbocycles. The molecule has 21 heavy (non-hydrogen) atoms. The molecular weight excluding hydrogens is 281 g/mol. The first-order chi connectivity index (χ1) is 9.99. The molecule has 1 heterocycles. The highest BCUT2D eigenvalue weighted by atomic mass is 19.4. The van der Waals surface area contributed by atoms with Crippen LogP contribution in [0.2, 0.25) is 0 Å². The number of rotatable bonds is 5. The molecule has 0 spiro atoms. The molecule has 7 heteroatoms. The predicted octanol–water partition coefficient (Wildman–Crippen LogP) is 4.06. The third-order valence-corrected chi connectivity index (χ3v) is 2.71. The van der Waals surface area contributed by atoms with Crippen LogP contribution in [-0.4, -0.2) is 16.5 Å². The second-order valence-electron chi connectivity index (χ2n) is 4.42.